The van der Waals surface area contributed by atoms with Gasteiger partial charge in [-0.3, -0.25) is 9.48 Å². The predicted molar refractivity (Wildman–Crippen MR) is 92.5 cm³/mol. The van der Waals surface area contributed by atoms with Crippen LogP contribution in [0.15, 0.2) is 38.4 Å². The van der Waals surface area contributed by atoms with Gasteiger partial charge in [0, 0.05) is 36.0 Å². The van der Waals surface area contributed by atoms with E-state index in [1.807, 2.05) is 0 Å². The van der Waals surface area contributed by atoms with E-state index in [-0.39, 0.29) is 29.6 Å². The van der Waals surface area contributed by atoms with Crippen molar-refractivity contribution in [3.63, 3.8) is 0 Å². The number of nitrogens with zero attached hydrogens (tertiary/aromatic N) is 4. The van der Waals surface area contributed by atoms with Gasteiger partial charge >= 0.3 is 12.1 Å². The minimum Gasteiger partial charge on any atom is -0.381 e. The number of hydrogen-bond acceptors (Lipinski definition) is 6. The summed E-state index contributed by atoms with van der Waals surface area (Å²) in [5.41, 5.74) is -0.0642. The van der Waals surface area contributed by atoms with E-state index in [0.717, 1.165) is 4.47 Å². The smallest absolute Gasteiger partial charge is 0.381 e. The van der Waals surface area contributed by atoms with Gasteiger partial charge in [-0.15, -0.1) is 0 Å². The molecule has 4 heterocycles. The lowest BCUT2D eigenvalue weighted by Gasteiger charge is -2.32. The van der Waals surface area contributed by atoms with Gasteiger partial charge in [-0.2, -0.15) is 23.3 Å². The summed E-state index contributed by atoms with van der Waals surface area (Å²) in [6.45, 7) is 0.672. The fourth-order valence-corrected chi connectivity index (χ4v) is 3.62. The first-order valence-electron chi connectivity index (χ1n) is 8.25. The van der Waals surface area contributed by atoms with Gasteiger partial charge in [0.2, 0.25) is 5.82 Å². The first-order chi connectivity index (χ1) is 13.3. The molecule has 12 heteroatoms. The van der Waals surface area contributed by atoms with Gasteiger partial charge in [0.15, 0.2) is 0 Å². The number of ether oxygens (including phenoxy) is 1. The summed E-state index contributed by atoms with van der Waals surface area (Å²) < 4.78 is 50.9. The lowest BCUT2D eigenvalue weighted by atomic mass is 9.86. The van der Waals surface area contributed by atoms with Crippen molar-refractivity contribution in [1.82, 2.24) is 24.9 Å². The summed E-state index contributed by atoms with van der Waals surface area (Å²) in [5, 5.41) is 7.71. The SMILES string of the molecule is O=c1[nH]ccc(-c2noc(C(F)(F)F)n2)c1C1COCCC1n1cc(Br)cn1. The molecule has 0 saturated carbocycles. The van der Waals surface area contributed by atoms with E-state index >= 15 is 0 Å². The number of hydrogen-bond donors (Lipinski definition) is 1. The first-order valence-corrected chi connectivity index (χ1v) is 9.04. The molecular weight excluding hydrogens is 447 g/mol. The Morgan fingerprint density at radius 3 is 2.86 bits per heavy atom. The molecule has 3 aromatic rings. The molecule has 8 nitrogen and oxygen atoms in total. The number of rotatable bonds is 3. The molecule has 0 spiro atoms. The molecule has 148 valence electrons. The Balaban J connectivity index is 1.81. The maximum Gasteiger partial charge on any atom is 0.471 e. The number of aromatic nitrogens is 5. The maximum absolute atomic E-state index is 12.8. The van der Waals surface area contributed by atoms with Crippen LogP contribution in [0.4, 0.5) is 13.2 Å². The second-order valence-electron chi connectivity index (χ2n) is 6.23. The molecule has 2 atom stereocenters. The van der Waals surface area contributed by atoms with Crippen LogP contribution in [0.25, 0.3) is 11.4 Å². The zero-order valence-corrected chi connectivity index (χ0v) is 15.7. The van der Waals surface area contributed by atoms with Crippen LogP contribution in [0, 0.1) is 0 Å². The van der Waals surface area contributed by atoms with Crippen molar-refractivity contribution in [2.75, 3.05) is 13.2 Å². The Kier molecular flexibility index (Phi) is 4.83. The quantitative estimate of drug-likeness (QED) is 0.645. The zero-order valence-electron chi connectivity index (χ0n) is 14.1. The number of nitrogens with one attached hydrogen (secondary N) is 1. The molecule has 1 aliphatic rings. The second kappa shape index (κ2) is 7.17. The lowest BCUT2D eigenvalue weighted by molar-refractivity contribution is -0.159. The number of alkyl halides is 3. The van der Waals surface area contributed by atoms with Crippen molar-refractivity contribution >= 4 is 15.9 Å². The second-order valence-corrected chi connectivity index (χ2v) is 7.15. The monoisotopic (exact) mass is 459 g/mol. The van der Waals surface area contributed by atoms with Crippen LogP contribution < -0.4 is 5.56 Å². The van der Waals surface area contributed by atoms with Crippen molar-refractivity contribution in [3.8, 4) is 11.4 Å². The third-order valence-corrected chi connectivity index (χ3v) is 4.92. The van der Waals surface area contributed by atoms with Crippen molar-refractivity contribution in [2.24, 2.45) is 0 Å². The Bertz CT molecular complexity index is 1040. The van der Waals surface area contributed by atoms with Gasteiger partial charge in [-0.1, -0.05) is 5.16 Å². The zero-order chi connectivity index (χ0) is 19.9. The average Bonchev–Trinajstić information content (AvgIpc) is 3.30. The van der Waals surface area contributed by atoms with E-state index in [1.165, 1.54) is 12.3 Å². The van der Waals surface area contributed by atoms with Crippen LogP contribution in [0.1, 0.15) is 29.8 Å². The average molecular weight is 460 g/mol. The van der Waals surface area contributed by atoms with E-state index in [4.69, 9.17) is 4.74 Å². The number of H-pyrrole nitrogens is 1. The van der Waals surface area contributed by atoms with Crippen LogP contribution in [0.2, 0.25) is 0 Å². The Labute approximate surface area is 163 Å². The van der Waals surface area contributed by atoms with E-state index in [2.05, 4.69) is 40.7 Å². The van der Waals surface area contributed by atoms with Crippen LogP contribution in [-0.4, -0.2) is 38.1 Å². The van der Waals surface area contributed by atoms with Gasteiger partial charge in [0.25, 0.3) is 5.56 Å². The third kappa shape index (κ3) is 3.49. The topological polar surface area (TPSA) is 98.8 Å². The Morgan fingerprint density at radius 2 is 2.18 bits per heavy atom. The van der Waals surface area contributed by atoms with E-state index in [9.17, 15) is 18.0 Å². The van der Waals surface area contributed by atoms with E-state index in [0.29, 0.717) is 13.0 Å². The van der Waals surface area contributed by atoms with Gasteiger partial charge in [0.05, 0.1) is 23.3 Å². The van der Waals surface area contributed by atoms with Crippen LogP contribution >= 0.6 is 15.9 Å². The predicted octanol–water partition coefficient (Wildman–Crippen LogP) is 3.15. The van der Waals surface area contributed by atoms with E-state index in [1.54, 1.807) is 17.1 Å². The number of pyridine rings is 1. The Hall–Kier alpha value is -2.47. The number of halogens is 4. The minimum absolute atomic E-state index is 0.162. The molecule has 28 heavy (non-hydrogen) atoms. The fraction of sp³-hybridized carbons (Fsp3) is 0.375. The highest BCUT2D eigenvalue weighted by molar-refractivity contribution is 9.10. The van der Waals surface area contributed by atoms with Crippen LogP contribution in [0.3, 0.4) is 0 Å². The standard InChI is InChI=1S/C16H13BrF3N5O3/c17-8-5-22-25(6-8)11-2-4-27-7-10(11)12-9(1-3-21-14(12)26)13-23-15(28-24-13)16(18,19)20/h1,3,5-6,10-11H,2,4,7H2,(H,21,26). The number of aromatic amines is 1. The summed E-state index contributed by atoms with van der Waals surface area (Å²) in [5.74, 6) is -2.24. The molecule has 0 bridgehead atoms. The molecule has 1 N–H and O–H groups in total. The van der Waals surface area contributed by atoms with Gasteiger partial charge in [0.1, 0.15) is 0 Å². The molecule has 0 aromatic carbocycles. The lowest BCUT2D eigenvalue weighted by Crippen LogP contribution is -2.33. The van der Waals surface area contributed by atoms with Crippen molar-refractivity contribution in [2.45, 2.75) is 24.6 Å². The summed E-state index contributed by atoms with van der Waals surface area (Å²) in [4.78, 5) is 18.6. The fourth-order valence-electron chi connectivity index (χ4n) is 3.32. The van der Waals surface area contributed by atoms with Gasteiger partial charge in [-0.05, 0) is 28.4 Å². The maximum atomic E-state index is 12.8. The highest BCUT2D eigenvalue weighted by atomic mass is 79.9. The van der Waals surface area contributed by atoms with Crippen LogP contribution in [0.5, 0.6) is 0 Å². The first kappa shape index (κ1) is 18.9. The highest BCUT2D eigenvalue weighted by Gasteiger charge is 2.39. The Morgan fingerprint density at radius 1 is 1.36 bits per heavy atom. The third-order valence-electron chi connectivity index (χ3n) is 4.51. The summed E-state index contributed by atoms with van der Waals surface area (Å²) in [7, 11) is 0. The molecule has 2 unspecified atom stereocenters. The van der Waals surface area contributed by atoms with Crippen molar-refractivity contribution < 1.29 is 22.4 Å². The molecule has 0 aliphatic carbocycles. The normalized spacial score (nSPS) is 20.4. The highest BCUT2D eigenvalue weighted by Crippen LogP contribution is 2.38. The summed E-state index contributed by atoms with van der Waals surface area (Å²) >= 11 is 3.34. The molecule has 4 rings (SSSR count). The summed E-state index contributed by atoms with van der Waals surface area (Å²) in [6.07, 6.45) is 0.526. The van der Waals surface area contributed by atoms with E-state index < -0.39 is 23.5 Å². The molecular formula is C16H13BrF3N5O3. The molecule has 1 fully saturated rings. The molecule has 3 aromatic heterocycles. The molecule has 1 saturated heterocycles. The largest absolute Gasteiger partial charge is 0.471 e. The summed E-state index contributed by atoms with van der Waals surface area (Å²) in [6, 6.07) is 1.23. The van der Waals surface area contributed by atoms with Crippen molar-refractivity contribution in [3.05, 3.63) is 50.9 Å². The minimum atomic E-state index is -4.77. The molecule has 0 radical (unpaired) electrons. The molecule has 0 amide bonds. The van der Waals surface area contributed by atoms with Gasteiger partial charge in [-0.25, -0.2) is 0 Å². The molecule has 1 aliphatic heterocycles. The van der Waals surface area contributed by atoms with Crippen LogP contribution in [-0.2, 0) is 10.9 Å². The van der Waals surface area contributed by atoms with Crippen molar-refractivity contribution in [1.29, 1.82) is 0 Å². The van der Waals surface area contributed by atoms with Gasteiger partial charge < -0.3 is 14.2 Å².